The number of aryl methyl sites for hydroxylation is 2. The molecule has 6 nitrogen and oxygen atoms in total. The normalized spacial score (nSPS) is 11.4. The first-order chi connectivity index (χ1) is 17.3. The van der Waals surface area contributed by atoms with Gasteiger partial charge in [-0.15, -0.1) is 6.42 Å². The van der Waals surface area contributed by atoms with Crippen LogP contribution in [-0.2, 0) is 19.1 Å². The van der Waals surface area contributed by atoms with Gasteiger partial charge in [0.15, 0.2) is 0 Å². The van der Waals surface area contributed by atoms with Crippen LogP contribution in [0.4, 0.5) is 11.4 Å². The molecule has 0 aliphatic heterocycles. The molecule has 0 saturated carbocycles. The van der Waals surface area contributed by atoms with Crippen LogP contribution in [0, 0.1) is 26.2 Å². The van der Waals surface area contributed by atoms with Crippen molar-refractivity contribution in [2.45, 2.75) is 38.1 Å². The summed E-state index contributed by atoms with van der Waals surface area (Å²) in [7, 11) is 2.78. The summed E-state index contributed by atoms with van der Waals surface area (Å²) in [6.07, 6.45) is 5.91. The van der Waals surface area contributed by atoms with Crippen molar-refractivity contribution in [3.8, 4) is 12.3 Å². The number of rotatable bonds is 10. The van der Waals surface area contributed by atoms with Gasteiger partial charge >= 0.3 is 11.9 Å². The SMILES string of the molecule is C#CCN(c1ccc(N(CC(=O)OC)Sc2ccc(C)cc2C)c2ccccc12)C(C)CC(=O)OC. The van der Waals surface area contributed by atoms with Crippen LogP contribution in [0.25, 0.3) is 10.8 Å². The van der Waals surface area contributed by atoms with Crippen LogP contribution in [0.2, 0.25) is 0 Å². The Balaban J connectivity index is 2.11. The van der Waals surface area contributed by atoms with E-state index in [4.69, 9.17) is 15.9 Å². The highest BCUT2D eigenvalue weighted by atomic mass is 32.2. The molecule has 3 rings (SSSR count). The third-order valence-corrected chi connectivity index (χ3v) is 7.18. The molecule has 0 fully saturated rings. The number of carbonyl (C=O) groups is 2. The Morgan fingerprint density at radius 3 is 2.22 bits per heavy atom. The summed E-state index contributed by atoms with van der Waals surface area (Å²) in [4.78, 5) is 27.4. The van der Waals surface area contributed by atoms with Crippen LogP contribution < -0.4 is 9.21 Å². The summed E-state index contributed by atoms with van der Waals surface area (Å²) in [5.74, 6) is 2.09. The Morgan fingerprint density at radius 2 is 1.61 bits per heavy atom. The number of fused-ring (bicyclic) bond motifs is 1. The summed E-state index contributed by atoms with van der Waals surface area (Å²) in [6.45, 7) is 6.49. The number of anilines is 2. The molecule has 188 valence electrons. The van der Waals surface area contributed by atoms with E-state index in [-0.39, 0.29) is 30.9 Å². The van der Waals surface area contributed by atoms with Crippen molar-refractivity contribution in [2.24, 2.45) is 0 Å². The number of esters is 2. The average molecular weight is 505 g/mol. The van der Waals surface area contributed by atoms with E-state index in [1.54, 1.807) is 0 Å². The molecular weight excluding hydrogens is 472 g/mol. The summed E-state index contributed by atoms with van der Waals surface area (Å²) in [5, 5.41) is 1.93. The number of ether oxygens (including phenoxy) is 2. The van der Waals surface area contributed by atoms with E-state index in [0.29, 0.717) is 6.54 Å². The van der Waals surface area contributed by atoms with Gasteiger partial charge in [0.25, 0.3) is 0 Å². The largest absolute Gasteiger partial charge is 0.469 e. The lowest BCUT2D eigenvalue weighted by Crippen LogP contribution is -2.35. The standard InChI is InChI=1S/C29H32N2O4S/c1-7-16-30(22(4)18-28(32)34-5)25-13-14-26(24-11-9-8-10-23(24)25)31(19-29(33)35-6)36-27-15-12-20(2)17-21(27)3/h1,8-15,17,22H,16,18-19H2,2-6H3. The monoisotopic (exact) mass is 504 g/mol. The van der Waals surface area contributed by atoms with Gasteiger partial charge in [-0.2, -0.15) is 0 Å². The molecule has 0 aromatic heterocycles. The molecule has 0 aliphatic carbocycles. The van der Waals surface area contributed by atoms with Gasteiger partial charge in [0.2, 0.25) is 0 Å². The van der Waals surface area contributed by atoms with Gasteiger partial charge in [0.1, 0.15) is 6.54 Å². The fraction of sp³-hybridized carbons (Fsp3) is 0.310. The van der Waals surface area contributed by atoms with E-state index >= 15 is 0 Å². The molecule has 3 aromatic rings. The van der Waals surface area contributed by atoms with Gasteiger partial charge in [0, 0.05) is 27.4 Å². The molecule has 0 bridgehead atoms. The van der Waals surface area contributed by atoms with E-state index in [1.807, 2.05) is 52.5 Å². The molecule has 36 heavy (non-hydrogen) atoms. The first kappa shape index (κ1) is 27.0. The Kier molecular flexibility index (Phi) is 9.26. The topological polar surface area (TPSA) is 59.1 Å². The van der Waals surface area contributed by atoms with Crippen LogP contribution in [0.15, 0.2) is 59.5 Å². The van der Waals surface area contributed by atoms with Crippen molar-refractivity contribution < 1.29 is 19.1 Å². The smallest absolute Gasteiger partial charge is 0.326 e. The van der Waals surface area contributed by atoms with Crippen molar-refractivity contribution in [3.63, 3.8) is 0 Å². The molecule has 3 aromatic carbocycles. The molecule has 0 saturated heterocycles. The zero-order chi connectivity index (χ0) is 26.2. The minimum atomic E-state index is -0.332. The molecule has 1 atom stereocenters. The molecule has 1 unspecified atom stereocenters. The van der Waals surface area contributed by atoms with Crippen LogP contribution in [0.3, 0.4) is 0 Å². The predicted molar refractivity (Wildman–Crippen MR) is 147 cm³/mol. The quantitative estimate of drug-likeness (QED) is 0.204. The van der Waals surface area contributed by atoms with Crippen molar-refractivity contribution in [1.82, 2.24) is 0 Å². The third kappa shape index (κ3) is 6.32. The van der Waals surface area contributed by atoms with E-state index < -0.39 is 0 Å². The Bertz CT molecular complexity index is 1280. The minimum Gasteiger partial charge on any atom is -0.469 e. The fourth-order valence-corrected chi connectivity index (χ4v) is 5.11. The zero-order valence-electron chi connectivity index (χ0n) is 21.4. The Morgan fingerprint density at radius 1 is 0.972 bits per heavy atom. The van der Waals surface area contributed by atoms with Gasteiger partial charge in [0.05, 0.1) is 32.9 Å². The van der Waals surface area contributed by atoms with Crippen LogP contribution in [0.5, 0.6) is 0 Å². The van der Waals surface area contributed by atoms with Crippen molar-refractivity contribution >= 4 is 46.0 Å². The first-order valence-electron chi connectivity index (χ1n) is 11.7. The summed E-state index contributed by atoms with van der Waals surface area (Å²) < 4.78 is 11.8. The Labute approximate surface area is 217 Å². The number of carbonyl (C=O) groups excluding carboxylic acids is 2. The van der Waals surface area contributed by atoms with Gasteiger partial charge in [-0.3, -0.25) is 9.59 Å². The number of nitrogens with zero attached hydrogens (tertiary/aromatic N) is 2. The highest BCUT2D eigenvalue weighted by molar-refractivity contribution is 8.00. The summed E-state index contributed by atoms with van der Waals surface area (Å²) in [6, 6.07) is 18.1. The lowest BCUT2D eigenvalue weighted by atomic mass is 10.0. The van der Waals surface area contributed by atoms with Crippen molar-refractivity contribution in [3.05, 3.63) is 65.7 Å². The zero-order valence-corrected chi connectivity index (χ0v) is 22.2. The van der Waals surface area contributed by atoms with E-state index in [2.05, 4.69) is 38.0 Å². The van der Waals surface area contributed by atoms with Crippen LogP contribution in [0.1, 0.15) is 24.5 Å². The summed E-state index contributed by atoms with van der Waals surface area (Å²) >= 11 is 1.50. The van der Waals surface area contributed by atoms with Gasteiger partial charge in [-0.1, -0.05) is 47.9 Å². The molecule has 0 spiro atoms. The van der Waals surface area contributed by atoms with Crippen LogP contribution in [-0.4, -0.2) is 45.3 Å². The maximum atomic E-state index is 12.4. The number of benzene rings is 3. The molecule has 0 heterocycles. The number of hydrogen-bond donors (Lipinski definition) is 0. The van der Waals surface area contributed by atoms with Crippen LogP contribution >= 0.6 is 11.9 Å². The second-order valence-corrected chi connectivity index (χ2v) is 9.65. The maximum absolute atomic E-state index is 12.4. The van der Waals surface area contributed by atoms with E-state index in [0.717, 1.165) is 32.6 Å². The molecule has 0 radical (unpaired) electrons. The molecule has 0 amide bonds. The molecular formula is C29H32N2O4S. The van der Waals surface area contributed by atoms with Crippen molar-refractivity contribution in [2.75, 3.05) is 36.5 Å². The second kappa shape index (κ2) is 12.4. The predicted octanol–water partition coefficient (Wildman–Crippen LogP) is 5.53. The summed E-state index contributed by atoms with van der Waals surface area (Å²) in [5.41, 5.74) is 4.11. The van der Waals surface area contributed by atoms with Gasteiger partial charge in [-0.25, -0.2) is 0 Å². The Hall–Kier alpha value is -3.63. The minimum absolute atomic E-state index is 0.0740. The lowest BCUT2D eigenvalue weighted by Gasteiger charge is -2.31. The highest BCUT2D eigenvalue weighted by Gasteiger charge is 2.23. The highest BCUT2D eigenvalue weighted by Crippen LogP contribution is 2.39. The molecule has 0 N–H and O–H groups in total. The average Bonchev–Trinajstić information content (AvgIpc) is 2.87. The lowest BCUT2D eigenvalue weighted by molar-refractivity contribution is -0.141. The second-order valence-electron chi connectivity index (χ2n) is 8.58. The van der Waals surface area contributed by atoms with Gasteiger partial charge in [-0.05, 0) is 56.5 Å². The number of terminal acetylenes is 1. The fourth-order valence-electron chi connectivity index (χ4n) is 4.12. The van der Waals surface area contributed by atoms with Crippen molar-refractivity contribution in [1.29, 1.82) is 0 Å². The van der Waals surface area contributed by atoms with E-state index in [9.17, 15) is 9.59 Å². The number of methoxy groups -OCH3 is 2. The molecule has 7 heteroatoms. The van der Waals surface area contributed by atoms with E-state index in [1.165, 1.54) is 31.7 Å². The van der Waals surface area contributed by atoms with Gasteiger partial charge < -0.3 is 18.7 Å². The first-order valence-corrected chi connectivity index (χ1v) is 12.4. The molecule has 0 aliphatic rings. The maximum Gasteiger partial charge on any atom is 0.326 e. The number of hydrogen-bond acceptors (Lipinski definition) is 7. The third-order valence-electron chi connectivity index (χ3n) is 5.98.